The van der Waals surface area contributed by atoms with Crippen LogP contribution in [0.1, 0.15) is 54.5 Å². The minimum Gasteiger partial charge on any atom is -0.414 e. The minimum atomic E-state index is -2.00. The number of fused-ring (bicyclic) bond motifs is 1. The second-order valence-electron chi connectivity index (χ2n) is 11.4. The van der Waals surface area contributed by atoms with Crippen LogP contribution in [0.25, 0.3) is 11.0 Å². The summed E-state index contributed by atoms with van der Waals surface area (Å²) < 4.78 is 15.7. The van der Waals surface area contributed by atoms with E-state index in [1.165, 1.54) is 6.33 Å². The molecule has 0 radical (unpaired) electrons. The maximum absolute atomic E-state index is 6.91. The summed E-state index contributed by atoms with van der Waals surface area (Å²) in [5, 5.41) is 1.61. The van der Waals surface area contributed by atoms with Gasteiger partial charge >= 0.3 is 0 Å². The average Bonchev–Trinajstić information content (AvgIpc) is 3.01. The Morgan fingerprint density at radius 2 is 1.57 bits per heavy atom. The van der Waals surface area contributed by atoms with Gasteiger partial charge in [0.15, 0.2) is 16.6 Å². The Morgan fingerprint density at radius 3 is 2.10 bits per heavy atom. The third-order valence-electron chi connectivity index (χ3n) is 7.10. The van der Waals surface area contributed by atoms with E-state index >= 15 is 0 Å². The molecule has 30 heavy (non-hydrogen) atoms. The van der Waals surface area contributed by atoms with Gasteiger partial charge in [0.2, 0.25) is 0 Å². The first-order valence-corrected chi connectivity index (χ1v) is 17.0. The predicted octanol–water partition coefficient (Wildman–Crippen LogP) is 7.06. The molecule has 5 nitrogen and oxygen atoms in total. The first kappa shape index (κ1) is 25.5. The Bertz CT molecular complexity index is 869. The lowest BCUT2D eigenvalue weighted by molar-refractivity contribution is 0.0715. The Hall–Kier alpha value is -0.736. The van der Waals surface area contributed by atoms with Crippen molar-refractivity contribution >= 4 is 39.3 Å². The minimum absolute atomic E-state index is 0.0485. The van der Waals surface area contributed by atoms with Gasteiger partial charge in [-0.3, -0.25) is 0 Å². The second-order valence-corrected chi connectivity index (χ2v) is 21.3. The van der Waals surface area contributed by atoms with Crippen LogP contribution >= 0.6 is 11.6 Å². The van der Waals surface area contributed by atoms with Crippen LogP contribution in [-0.4, -0.2) is 43.9 Å². The highest BCUT2D eigenvalue weighted by Gasteiger charge is 2.42. The molecule has 0 aliphatic heterocycles. The zero-order valence-corrected chi connectivity index (χ0v) is 23.4. The van der Waals surface area contributed by atoms with Crippen molar-refractivity contribution in [2.24, 2.45) is 0 Å². The van der Waals surface area contributed by atoms with Crippen molar-refractivity contribution in [2.45, 2.75) is 96.9 Å². The van der Waals surface area contributed by atoms with Crippen LogP contribution in [0.3, 0.4) is 0 Å². The van der Waals surface area contributed by atoms with Crippen LogP contribution in [-0.2, 0) is 8.85 Å². The lowest BCUT2D eigenvalue weighted by Gasteiger charge is -2.43. The van der Waals surface area contributed by atoms with Gasteiger partial charge in [-0.2, -0.15) is 0 Å². The van der Waals surface area contributed by atoms with Gasteiger partial charge in [0.1, 0.15) is 17.1 Å². The molecule has 2 aromatic heterocycles. The molecule has 0 bridgehead atoms. The molecular formula is C22H40ClN3O2Si2. The van der Waals surface area contributed by atoms with E-state index in [0.29, 0.717) is 11.8 Å². The van der Waals surface area contributed by atoms with Gasteiger partial charge in [0, 0.05) is 6.20 Å². The fraction of sp³-hybridized carbons (Fsp3) is 0.727. The highest BCUT2D eigenvalue weighted by Crippen LogP contribution is 2.40. The predicted molar refractivity (Wildman–Crippen MR) is 132 cm³/mol. The molecular weight excluding hydrogens is 430 g/mol. The molecule has 2 unspecified atom stereocenters. The topological polar surface area (TPSA) is 49.2 Å². The zero-order valence-electron chi connectivity index (χ0n) is 20.6. The van der Waals surface area contributed by atoms with Crippen LogP contribution in [0.5, 0.6) is 0 Å². The monoisotopic (exact) mass is 469 g/mol. The number of hydrogen-bond donors (Lipinski definition) is 0. The van der Waals surface area contributed by atoms with Gasteiger partial charge in [-0.15, -0.1) is 0 Å². The van der Waals surface area contributed by atoms with Crippen LogP contribution in [0.15, 0.2) is 18.6 Å². The summed E-state index contributed by atoms with van der Waals surface area (Å²) in [5.74, 6) is 0. The van der Waals surface area contributed by atoms with Crippen molar-refractivity contribution in [2.75, 3.05) is 6.61 Å². The maximum atomic E-state index is 6.91. The van der Waals surface area contributed by atoms with Crippen molar-refractivity contribution < 1.29 is 8.85 Å². The highest BCUT2D eigenvalue weighted by atomic mass is 35.5. The molecule has 170 valence electrons. The second kappa shape index (κ2) is 8.66. The molecule has 0 spiro atoms. The molecule has 0 saturated carbocycles. The van der Waals surface area contributed by atoms with Gasteiger partial charge in [0.05, 0.1) is 24.1 Å². The van der Waals surface area contributed by atoms with E-state index in [-0.39, 0.29) is 22.2 Å². The van der Waals surface area contributed by atoms with Crippen LogP contribution in [0.2, 0.25) is 41.4 Å². The number of halogens is 1. The Labute approximate surface area is 189 Å². The smallest absolute Gasteiger partial charge is 0.192 e. The number of aromatic nitrogens is 3. The summed E-state index contributed by atoms with van der Waals surface area (Å²) in [4.78, 5) is 8.60. The van der Waals surface area contributed by atoms with Gasteiger partial charge in [-0.25, -0.2) is 9.97 Å². The SMILES string of the molecule is CC(C(CO[Si](C)(C)C(C)(C)C)O[Si](C)(C)C(C)(C)C)n1ccc2c(Cl)ncnc21. The summed E-state index contributed by atoms with van der Waals surface area (Å²) in [5.41, 5.74) is 0.832. The maximum Gasteiger partial charge on any atom is 0.192 e. The molecule has 0 fully saturated rings. The standard InChI is InChI=1S/C22H40ClN3O2Si2/c1-16(26-13-12-17-19(23)24-15-25-20(17)26)18(28-30(10,11)22(5,6)7)14-27-29(8,9)21(2,3)4/h12-13,15-16,18H,14H2,1-11H3. The number of rotatable bonds is 7. The lowest BCUT2D eigenvalue weighted by atomic mass is 10.2. The fourth-order valence-electron chi connectivity index (χ4n) is 2.78. The molecule has 2 atom stereocenters. The van der Waals surface area contributed by atoms with Gasteiger partial charge in [-0.1, -0.05) is 53.1 Å². The van der Waals surface area contributed by atoms with E-state index in [9.17, 15) is 0 Å². The number of hydrogen-bond acceptors (Lipinski definition) is 4. The molecule has 0 aromatic carbocycles. The third kappa shape index (κ3) is 5.35. The average molecular weight is 470 g/mol. The molecule has 8 heteroatoms. The normalized spacial score (nSPS) is 16.1. The van der Waals surface area contributed by atoms with E-state index in [1.54, 1.807) is 0 Å². The van der Waals surface area contributed by atoms with E-state index < -0.39 is 16.6 Å². The molecule has 0 saturated heterocycles. The van der Waals surface area contributed by atoms with Crippen LogP contribution < -0.4 is 0 Å². The molecule has 2 aromatic rings. The molecule has 2 rings (SSSR count). The van der Waals surface area contributed by atoms with Crippen molar-refractivity contribution in [3.8, 4) is 0 Å². The molecule has 2 heterocycles. The van der Waals surface area contributed by atoms with Crippen LogP contribution in [0, 0.1) is 0 Å². The lowest BCUT2D eigenvalue weighted by Crippen LogP contribution is -2.49. The summed E-state index contributed by atoms with van der Waals surface area (Å²) in [6.45, 7) is 25.6. The van der Waals surface area contributed by atoms with Gasteiger partial charge < -0.3 is 13.4 Å². The van der Waals surface area contributed by atoms with Crippen molar-refractivity contribution in [1.82, 2.24) is 14.5 Å². The molecule has 0 N–H and O–H groups in total. The summed E-state index contributed by atoms with van der Waals surface area (Å²) in [6, 6.07) is 2.03. The van der Waals surface area contributed by atoms with Crippen molar-refractivity contribution in [3.05, 3.63) is 23.7 Å². The van der Waals surface area contributed by atoms with Crippen LogP contribution in [0.4, 0.5) is 0 Å². The van der Waals surface area contributed by atoms with E-state index in [0.717, 1.165) is 11.0 Å². The first-order chi connectivity index (χ1) is 13.5. The summed E-state index contributed by atoms with van der Waals surface area (Å²) in [7, 11) is -3.90. The Kier molecular flexibility index (Phi) is 7.36. The quantitative estimate of drug-likeness (QED) is 0.321. The highest BCUT2D eigenvalue weighted by molar-refractivity contribution is 6.74. The third-order valence-corrected chi connectivity index (χ3v) is 16.4. The largest absolute Gasteiger partial charge is 0.414 e. The van der Waals surface area contributed by atoms with E-state index in [1.807, 2.05) is 12.3 Å². The van der Waals surface area contributed by atoms with E-state index in [4.69, 9.17) is 20.5 Å². The summed E-state index contributed by atoms with van der Waals surface area (Å²) in [6.07, 6.45) is 3.47. The van der Waals surface area contributed by atoms with Crippen molar-refractivity contribution in [1.29, 1.82) is 0 Å². The zero-order chi connectivity index (χ0) is 23.1. The van der Waals surface area contributed by atoms with Crippen molar-refractivity contribution in [3.63, 3.8) is 0 Å². The van der Waals surface area contributed by atoms with Gasteiger partial charge in [-0.05, 0) is 49.3 Å². The summed E-state index contributed by atoms with van der Waals surface area (Å²) >= 11 is 6.28. The molecule has 0 aliphatic carbocycles. The first-order valence-electron chi connectivity index (χ1n) is 10.8. The Morgan fingerprint density at radius 1 is 1.00 bits per heavy atom. The van der Waals surface area contributed by atoms with Gasteiger partial charge in [0.25, 0.3) is 0 Å². The van der Waals surface area contributed by atoms with E-state index in [2.05, 4.69) is 89.2 Å². The molecule has 0 amide bonds. The Balaban J connectivity index is 2.40. The molecule has 0 aliphatic rings. The fourth-order valence-corrected chi connectivity index (χ4v) is 5.36. The number of nitrogens with zero attached hydrogens (tertiary/aromatic N) is 3.